The summed E-state index contributed by atoms with van der Waals surface area (Å²) in [5.41, 5.74) is 7.20. The molecular formula is C50H33N3O. The molecule has 1 aliphatic rings. The molecule has 1 unspecified atom stereocenters. The summed E-state index contributed by atoms with van der Waals surface area (Å²) < 4.78 is 6.86. The van der Waals surface area contributed by atoms with Gasteiger partial charge in [0.05, 0.1) is 0 Å². The largest absolute Gasteiger partial charge is 0.456 e. The minimum atomic E-state index is 0.248. The molecule has 11 rings (SSSR count). The topological polar surface area (TPSA) is 51.8 Å². The zero-order chi connectivity index (χ0) is 35.8. The predicted molar refractivity (Wildman–Crippen MR) is 222 cm³/mol. The maximum absolute atomic E-state index is 6.86. The number of nitrogens with zero attached hydrogens (tertiary/aromatic N) is 3. The monoisotopic (exact) mass is 691 g/mol. The summed E-state index contributed by atoms with van der Waals surface area (Å²) in [5.74, 6) is 3.08. The molecule has 254 valence electrons. The summed E-state index contributed by atoms with van der Waals surface area (Å²) in [7, 11) is 0. The van der Waals surface area contributed by atoms with E-state index >= 15 is 0 Å². The van der Waals surface area contributed by atoms with E-state index in [1.807, 2.05) is 0 Å². The third-order valence-corrected chi connectivity index (χ3v) is 11.1. The molecule has 0 aliphatic heterocycles. The lowest BCUT2D eigenvalue weighted by Gasteiger charge is -2.20. The molecule has 2 heterocycles. The number of hydrogen-bond acceptors (Lipinski definition) is 4. The highest BCUT2D eigenvalue weighted by molar-refractivity contribution is 6.08. The average molecular weight is 692 g/mol. The standard InChI is InChI=1S/C50H33N3O/c1-30-20-26-42(41-17-8-14-32-11-4-7-16-39(32)41)47-45(30)46-43(18-9-19-44(46)54-47)50-52-48(36-24-21-31-10-2-3-13-34(31)28-36)51-49(53-50)37-25-27-40-35(29-37)23-22-33-12-5-6-15-38(33)40/h2-19,21-30H,20H2,1H3. The third kappa shape index (κ3) is 4.87. The Morgan fingerprint density at radius 2 is 1.06 bits per heavy atom. The SMILES string of the molecule is CC1CC=C(c2cccc3ccccc23)c2oc3cccc(-c4nc(-c5ccc6ccccc6c5)nc(-c5ccc6c(ccc7ccccc76)c5)n4)c3c21. The zero-order valence-corrected chi connectivity index (χ0v) is 29.6. The molecule has 0 saturated heterocycles. The Bertz CT molecular complexity index is 3170. The van der Waals surface area contributed by atoms with Gasteiger partial charge in [0.25, 0.3) is 0 Å². The van der Waals surface area contributed by atoms with Crippen LogP contribution in [0.1, 0.15) is 36.1 Å². The van der Waals surface area contributed by atoms with E-state index in [4.69, 9.17) is 19.4 Å². The maximum Gasteiger partial charge on any atom is 0.164 e. The first-order valence-electron chi connectivity index (χ1n) is 18.6. The van der Waals surface area contributed by atoms with Crippen molar-refractivity contribution in [2.24, 2.45) is 0 Å². The molecular weight excluding hydrogens is 659 g/mol. The van der Waals surface area contributed by atoms with E-state index in [1.165, 1.54) is 43.4 Å². The van der Waals surface area contributed by atoms with E-state index in [1.54, 1.807) is 0 Å². The molecule has 0 saturated carbocycles. The van der Waals surface area contributed by atoms with Crippen molar-refractivity contribution in [3.05, 3.63) is 181 Å². The van der Waals surface area contributed by atoms with Crippen molar-refractivity contribution in [2.75, 3.05) is 0 Å². The minimum Gasteiger partial charge on any atom is -0.456 e. The van der Waals surface area contributed by atoms with Crippen LogP contribution in [0, 0.1) is 0 Å². The highest BCUT2D eigenvalue weighted by Gasteiger charge is 2.29. The Labute approximate surface area is 312 Å². The molecule has 10 aromatic rings. The van der Waals surface area contributed by atoms with E-state index in [2.05, 4.69) is 171 Å². The van der Waals surface area contributed by atoms with Crippen LogP contribution in [0.4, 0.5) is 0 Å². The molecule has 8 aromatic carbocycles. The van der Waals surface area contributed by atoms with Gasteiger partial charge in [0.1, 0.15) is 11.3 Å². The number of rotatable bonds is 4. The average Bonchev–Trinajstić information content (AvgIpc) is 3.64. The van der Waals surface area contributed by atoms with Crippen molar-refractivity contribution < 1.29 is 4.42 Å². The Hall–Kier alpha value is -6.91. The smallest absolute Gasteiger partial charge is 0.164 e. The molecule has 0 fully saturated rings. The van der Waals surface area contributed by atoms with Crippen LogP contribution in [-0.4, -0.2) is 15.0 Å². The summed E-state index contributed by atoms with van der Waals surface area (Å²) in [6, 6.07) is 55.6. The zero-order valence-electron chi connectivity index (χ0n) is 29.6. The molecule has 4 nitrogen and oxygen atoms in total. The summed E-state index contributed by atoms with van der Waals surface area (Å²) in [4.78, 5) is 15.7. The normalized spacial score (nSPS) is 14.2. The highest BCUT2D eigenvalue weighted by atomic mass is 16.3. The van der Waals surface area contributed by atoms with Crippen LogP contribution in [0.2, 0.25) is 0 Å². The van der Waals surface area contributed by atoms with Gasteiger partial charge in [-0.05, 0) is 79.2 Å². The molecule has 0 N–H and O–H groups in total. The van der Waals surface area contributed by atoms with Gasteiger partial charge in [-0.15, -0.1) is 0 Å². The van der Waals surface area contributed by atoms with Crippen LogP contribution in [0.5, 0.6) is 0 Å². The van der Waals surface area contributed by atoms with Crippen molar-refractivity contribution in [1.29, 1.82) is 0 Å². The van der Waals surface area contributed by atoms with E-state index in [0.29, 0.717) is 17.5 Å². The fourth-order valence-electron chi connectivity index (χ4n) is 8.46. The fraction of sp³-hybridized carbons (Fsp3) is 0.0600. The van der Waals surface area contributed by atoms with Crippen molar-refractivity contribution in [1.82, 2.24) is 15.0 Å². The molecule has 0 bridgehead atoms. The van der Waals surface area contributed by atoms with Crippen LogP contribution >= 0.6 is 0 Å². The highest BCUT2D eigenvalue weighted by Crippen LogP contribution is 2.47. The van der Waals surface area contributed by atoms with Crippen LogP contribution in [0.15, 0.2) is 168 Å². The van der Waals surface area contributed by atoms with Crippen LogP contribution < -0.4 is 0 Å². The Morgan fingerprint density at radius 3 is 1.89 bits per heavy atom. The fourth-order valence-corrected chi connectivity index (χ4v) is 8.46. The third-order valence-electron chi connectivity index (χ3n) is 11.1. The van der Waals surface area contributed by atoms with Crippen LogP contribution in [0.3, 0.4) is 0 Å². The van der Waals surface area contributed by atoms with E-state index < -0.39 is 0 Å². The van der Waals surface area contributed by atoms with Crippen molar-refractivity contribution in [2.45, 2.75) is 19.3 Å². The number of benzene rings is 8. The molecule has 0 radical (unpaired) electrons. The first-order valence-corrected chi connectivity index (χ1v) is 18.6. The number of allylic oxidation sites excluding steroid dienone is 1. The maximum atomic E-state index is 6.86. The summed E-state index contributed by atoms with van der Waals surface area (Å²) in [6.45, 7) is 2.29. The number of hydrogen-bond donors (Lipinski definition) is 0. The van der Waals surface area contributed by atoms with Gasteiger partial charge in [-0.3, -0.25) is 0 Å². The first kappa shape index (κ1) is 30.7. The number of furan rings is 1. The van der Waals surface area contributed by atoms with E-state index in [0.717, 1.165) is 56.2 Å². The Morgan fingerprint density at radius 1 is 0.481 bits per heavy atom. The van der Waals surface area contributed by atoms with Gasteiger partial charge in [-0.25, -0.2) is 15.0 Å². The van der Waals surface area contributed by atoms with Gasteiger partial charge in [0.2, 0.25) is 0 Å². The van der Waals surface area contributed by atoms with Crippen molar-refractivity contribution in [3.8, 4) is 34.2 Å². The summed E-state index contributed by atoms with van der Waals surface area (Å²) in [5, 5.41) is 10.6. The summed E-state index contributed by atoms with van der Waals surface area (Å²) >= 11 is 0. The van der Waals surface area contributed by atoms with Gasteiger partial charge in [-0.1, -0.05) is 153 Å². The number of aromatic nitrogens is 3. The second kappa shape index (κ2) is 12.1. The van der Waals surface area contributed by atoms with E-state index in [9.17, 15) is 0 Å². The van der Waals surface area contributed by atoms with Gasteiger partial charge < -0.3 is 4.42 Å². The van der Waals surface area contributed by atoms with Gasteiger partial charge in [0.15, 0.2) is 17.5 Å². The molecule has 2 aromatic heterocycles. The second-order valence-electron chi connectivity index (χ2n) is 14.4. The number of fused-ring (bicyclic) bond motifs is 8. The van der Waals surface area contributed by atoms with Crippen molar-refractivity contribution >= 4 is 59.6 Å². The second-order valence-corrected chi connectivity index (χ2v) is 14.4. The summed E-state index contributed by atoms with van der Waals surface area (Å²) in [6.07, 6.45) is 3.25. The minimum absolute atomic E-state index is 0.248. The predicted octanol–water partition coefficient (Wildman–Crippen LogP) is 13.2. The molecule has 0 amide bonds. The van der Waals surface area contributed by atoms with Gasteiger partial charge in [-0.2, -0.15) is 0 Å². The lowest BCUT2D eigenvalue weighted by atomic mass is 9.83. The Balaban J connectivity index is 1.13. The quantitative estimate of drug-likeness (QED) is 0.172. The van der Waals surface area contributed by atoms with E-state index in [-0.39, 0.29) is 5.92 Å². The molecule has 0 spiro atoms. The van der Waals surface area contributed by atoms with Crippen LogP contribution in [-0.2, 0) is 0 Å². The van der Waals surface area contributed by atoms with Crippen LogP contribution in [0.25, 0.3) is 93.8 Å². The Kier molecular flexibility index (Phi) is 6.86. The molecule has 1 atom stereocenters. The van der Waals surface area contributed by atoms with Gasteiger partial charge in [0, 0.05) is 33.2 Å². The van der Waals surface area contributed by atoms with Crippen molar-refractivity contribution in [3.63, 3.8) is 0 Å². The van der Waals surface area contributed by atoms with Gasteiger partial charge >= 0.3 is 0 Å². The molecule has 54 heavy (non-hydrogen) atoms. The lowest BCUT2D eigenvalue weighted by molar-refractivity contribution is 0.582. The lowest BCUT2D eigenvalue weighted by Crippen LogP contribution is -2.04. The first-order chi connectivity index (χ1) is 26.7. The molecule has 1 aliphatic carbocycles. The molecule has 4 heteroatoms.